The van der Waals surface area contributed by atoms with Gasteiger partial charge < -0.3 is 9.63 Å². The number of benzene rings is 1. The van der Waals surface area contributed by atoms with Crippen molar-refractivity contribution in [1.29, 1.82) is 0 Å². The van der Waals surface area contributed by atoms with Crippen LogP contribution < -0.4 is 0 Å². The Balaban J connectivity index is 1.48. The molecule has 1 N–H and O–H groups in total. The van der Waals surface area contributed by atoms with Gasteiger partial charge in [-0.2, -0.15) is 0 Å². The van der Waals surface area contributed by atoms with E-state index in [1.54, 1.807) is 0 Å². The van der Waals surface area contributed by atoms with E-state index in [4.69, 9.17) is 4.52 Å². The molecule has 2 fully saturated rings. The number of aryl methyl sites for hydroxylation is 1. The van der Waals surface area contributed by atoms with Crippen molar-refractivity contribution in [2.24, 2.45) is 5.92 Å². The van der Waals surface area contributed by atoms with E-state index in [9.17, 15) is 5.11 Å². The van der Waals surface area contributed by atoms with Gasteiger partial charge in [-0.05, 0) is 12.5 Å². The predicted molar refractivity (Wildman–Crippen MR) is 91.6 cm³/mol. The molecule has 2 aliphatic heterocycles. The number of aliphatic hydroxyl groups is 1. The maximum Gasteiger partial charge on any atom is 0.150 e. The molecule has 0 radical (unpaired) electrons. The summed E-state index contributed by atoms with van der Waals surface area (Å²) in [5.41, 5.74) is 2.28. The molecule has 2 aromatic rings. The maximum absolute atomic E-state index is 10.0. The highest BCUT2D eigenvalue weighted by Gasteiger charge is 2.44. The van der Waals surface area contributed by atoms with Gasteiger partial charge in [0.05, 0.1) is 12.2 Å². The third kappa shape index (κ3) is 2.99. The molecule has 2 saturated heterocycles. The monoisotopic (exact) mass is 327 g/mol. The first-order valence-electron chi connectivity index (χ1n) is 8.79. The topological polar surface area (TPSA) is 52.7 Å². The molecule has 0 aliphatic carbocycles. The summed E-state index contributed by atoms with van der Waals surface area (Å²) in [5.74, 6) is 1.65. The van der Waals surface area contributed by atoms with E-state index in [0.29, 0.717) is 17.9 Å². The van der Waals surface area contributed by atoms with Crippen LogP contribution in [0.1, 0.15) is 22.9 Å². The molecule has 128 valence electrons. The Morgan fingerprint density at radius 1 is 1.21 bits per heavy atom. The van der Waals surface area contributed by atoms with Crippen molar-refractivity contribution in [3.8, 4) is 0 Å². The lowest BCUT2D eigenvalue weighted by Gasteiger charge is -2.38. The highest BCUT2D eigenvalue weighted by atomic mass is 16.5. The number of nitrogens with zero attached hydrogens (tertiary/aromatic N) is 3. The fourth-order valence-electron chi connectivity index (χ4n) is 4.35. The van der Waals surface area contributed by atoms with Crippen molar-refractivity contribution in [3.63, 3.8) is 0 Å². The Morgan fingerprint density at radius 3 is 2.75 bits per heavy atom. The van der Waals surface area contributed by atoms with Gasteiger partial charge >= 0.3 is 0 Å². The van der Waals surface area contributed by atoms with Gasteiger partial charge in [-0.25, -0.2) is 0 Å². The van der Waals surface area contributed by atoms with Crippen LogP contribution in [0.3, 0.4) is 0 Å². The van der Waals surface area contributed by atoms with Crippen molar-refractivity contribution in [2.75, 3.05) is 32.8 Å². The van der Waals surface area contributed by atoms with Crippen LogP contribution in [0.2, 0.25) is 0 Å². The molecule has 1 aromatic carbocycles. The molecule has 4 rings (SSSR count). The Labute approximate surface area is 142 Å². The van der Waals surface area contributed by atoms with E-state index in [-0.39, 0.29) is 6.61 Å². The molecule has 3 heterocycles. The summed E-state index contributed by atoms with van der Waals surface area (Å²) in [6, 6.07) is 13.1. The van der Waals surface area contributed by atoms with Crippen LogP contribution in [0.25, 0.3) is 0 Å². The standard InChI is InChI=1S/C19H25N3O2/c1-14-9-16(24-20-14)10-21-7-8-22-11-17(15-5-3-2-4-6-15)18(13-23)19(22)12-21/h2-6,9,17-19,23H,7-8,10-13H2,1H3/t17-,18-,19-/m1/s1. The van der Waals surface area contributed by atoms with Crippen molar-refractivity contribution in [1.82, 2.24) is 15.0 Å². The molecule has 0 bridgehead atoms. The Morgan fingerprint density at radius 2 is 2.04 bits per heavy atom. The second-order valence-corrected chi connectivity index (χ2v) is 7.10. The zero-order valence-electron chi connectivity index (χ0n) is 14.1. The van der Waals surface area contributed by atoms with Gasteiger partial charge in [0.2, 0.25) is 0 Å². The fourth-order valence-corrected chi connectivity index (χ4v) is 4.35. The third-order valence-corrected chi connectivity index (χ3v) is 5.55. The van der Waals surface area contributed by atoms with Crippen molar-refractivity contribution in [3.05, 3.63) is 53.4 Å². The first-order valence-corrected chi connectivity index (χ1v) is 8.79. The highest BCUT2D eigenvalue weighted by molar-refractivity contribution is 5.24. The number of aliphatic hydroxyl groups excluding tert-OH is 1. The molecule has 3 atom stereocenters. The SMILES string of the molecule is Cc1cc(CN2CCN3C[C@H](c4ccccc4)[C@@H](CO)[C@H]3C2)on1. The van der Waals surface area contributed by atoms with Gasteiger partial charge in [-0.3, -0.25) is 9.80 Å². The van der Waals surface area contributed by atoms with Gasteiger partial charge in [0.15, 0.2) is 5.76 Å². The summed E-state index contributed by atoms with van der Waals surface area (Å²) in [4.78, 5) is 4.98. The molecule has 5 heteroatoms. The van der Waals surface area contributed by atoms with Gasteiger partial charge in [-0.15, -0.1) is 0 Å². The lowest BCUT2D eigenvalue weighted by molar-refractivity contribution is 0.0627. The smallest absolute Gasteiger partial charge is 0.150 e. The Bertz CT molecular complexity index is 672. The van der Waals surface area contributed by atoms with Crippen LogP contribution in [0.4, 0.5) is 0 Å². The minimum Gasteiger partial charge on any atom is -0.396 e. The van der Waals surface area contributed by atoms with Crippen LogP contribution in [-0.4, -0.2) is 58.9 Å². The fraction of sp³-hybridized carbons (Fsp3) is 0.526. The normalized spacial score (nSPS) is 28.2. The molecule has 2 aliphatic rings. The minimum atomic E-state index is 0.246. The lowest BCUT2D eigenvalue weighted by Crippen LogP contribution is -2.51. The Kier molecular flexibility index (Phi) is 4.39. The Hall–Kier alpha value is -1.69. The highest BCUT2D eigenvalue weighted by Crippen LogP contribution is 2.38. The average Bonchev–Trinajstić information content (AvgIpc) is 3.18. The third-order valence-electron chi connectivity index (χ3n) is 5.55. The van der Waals surface area contributed by atoms with E-state index in [0.717, 1.165) is 44.2 Å². The van der Waals surface area contributed by atoms with Crippen LogP contribution >= 0.6 is 0 Å². The largest absolute Gasteiger partial charge is 0.396 e. The number of aromatic nitrogens is 1. The molecular formula is C19H25N3O2. The van der Waals surface area contributed by atoms with E-state index in [1.807, 2.05) is 13.0 Å². The summed E-state index contributed by atoms with van der Waals surface area (Å²) in [7, 11) is 0. The summed E-state index contributed by atoms with van der Waals surface area (Å²) in [5, 5.41) is 14.0. The van der Waals surface area contributed by atoms with Gasteiger partial charge in [0, 0.05) is 56.7 Å². The summed E-state index contributed by atoms with van der Waals surface area (Å²) in [6.07, 6.45) is 0. The molecule has 0 saturated carbocycles. The van der Waals surface area contributed by atoms with Crippen LogP contribution in [0.15, 0.2) is 40.9 Å². The van der Waals surface area contributed by atoms with Crippen LogP contribution in [0.5, 0.6) is 0 Å². The number of rotatable bonds is 4. The molecule has 0 amide bonds. The van der Waals surface area contributed by atoms with Gasteiger partial charge in [0.25, 0.3) is 0 Å². The maximum atomic E-state index is 10.0. The molecule has 5 nitrogen and oxygen atoms in total. The van der Waals surface area contributed by atoms with Crippen molar-refractivity contribution >= 4 is 0 Å². The second-order valence-electron chi connectivity index (χ2n) is 7.10. The second kappa shape index (κ2) is 6.67. The number of hydrogen-bond donors (Lipinski definition) is 1. The average molecular weight is 327 g/mol. The zero-order valence-corrected chi connectivity index (χ0v) is 14.1. The number of piperazine rings is 1. The molecule has 0 spiro atoms. The molecular weight excluding hydrogens is 302 g/mol. The summed E-state index contributed by atoms with van der Waals surface area (Å²) in [6.45, 7) is 7.13. The van der Waals surface area contributed by atoms with E-state index >= 15 is 0 Å². The van der Waals surface area contributed by atoms with Crippen molar-refractivity contribution in [2.45, 2.75) is 25.4 Å². The van der Waals surface area contributed by atoms with Crippen LogP contribution in [-0.2, 0) is 6.54 Å². The van der Waals surface area contributed by atoms with Crippen molar-refractivity contribution < 1.29 is 9.63 Å². The molecule has 0 unspecified atom stereocenters. The van der Waals surface area contributed by atoms with E-state index in [1.165, 1.54) is 5.56 Å². The first-order chi connectivity index (χ1) is 11.7. The molecule has 24 heavy (non-hydrogen) atoms. The summed E-state index contributed by atoms with van der Waals surface area (Å²) < 4.78 is 5.37. The van der Waals surface area contributed by atoms with Gasteiger partial charge in [-0.1, -0.05) is 35.5 Å². The zero-order chi connectivity index (χ0) is 16.5. The predicted octanol–water partition coefficient (Wildman–Crippen LogP) is 1.88. The minimum absolute atomic E-state index is 0.246. The van der Waals surface area contributed by atoms with E-state index in [2.05, 4.69) is 45.3 Å². The van der Waals surface area contributed by atoms with Crippen LogP contribution in [0, 0.1) is 12.8 Å². The summed E-state index contributed by atoms with van der Waals surface area (Å²) >= 11 is 0. The quantitative estimate of drug-likeness (QED) is 0.929. The van der Waals surface area contributed by atoms with E-state index < -0.39 is 0 Å². The first kappa shape index (κ1) is 15.8. The lowest BCUT2D eigenvalue weighted by atomic mass is 9.85. The number of hydrogen-bond acceptors (Lipinski definition) is 5. The number of fused-ring (bicyclic) bond motifs is 1. The van der Waals surface area contributed by atoms with Gasteiger partial charge in [0.1, 0.15) is 0 Å². The molecule has 1 aromatic heterocycles.